The molecule has 0 saturated heterocycles. The van der Waals surface area contributed by atoms with Gasteiger partial charge in [0.2, 0.25) is 0 Å². The summed E-state index contributed by atoms with van der Waals surface area (Å²) < 4.78 is 18.4. The Bertz CT molecular complexity index is 1670. The average molecular weight is 567 g/mol. The summed E-state index contributed by atoms with van der Waals surface area (Å²) >= 11 is 8.86. The number of hydrogen-bond donors (Lipinski definition) is 0. The molecule has 7 nitrogen and oxygen atoms in total. The van der Waals surface area contributed by atoms with E-state index in [2.05, 4.69) is 4.99 Å². The number of carbonyl (C=O) groups is 1. The Hall–Kier alpha value is -3.37. The Morgan fingerprint density at radius 1 is 1.13 bits per heavy atom. The molecule has 0 bridgehead atoms. The Morgan fingerprint density at radius 3 is 2.63 bits per heavy atom. The Kier molecular flexibility index (Phi) is 7.99. The average Bonchev–Trinajstić information content (AvgIpc) is 3.47. The normalized spacial score (nSPS) is 15.3. The van der Waals surface area contributed by atoms with E-state index in [0.29, 0.717) is 36.5 Å². The van der Waals surface area contributed by atoms with Crippen molar-refractivity contribution in [3.05, 3.63) is 114 Å². The van der Waals surface area contributed by atoms with E-state index in [1.165, 1.54) is 34.8 Å². The van der Waals surface area contributed by atoms with Crippen molar-refractivity contribution >= 4 is 46.7 Å². The molecular formula is C28H23ClN2O5S2. The van der Waals surface area contributed by atoms with Gasteiger partial charge in [0.15, 0.2) is 9.89 Å². The minimum atomic E-state index is -0.721. The van der Waals surface area contributed by atoms with Crippen LogP contribution in [0.1, 0.15) is 24.3 Å². The first-order valence-electron chi connectivity index (χ1n) is 11.7. The fourth-order valence-electron chi connectivity index (χ4n) is 4.04. The number of hydrogen-bond acceptors (Lipinski definition) is 8. The quantitative estimate of drug-likeness (QED) is 0.225. The predicted octanol–water partition coefficient (Wildman–Crippen LogP) is 4.82. The third-order valence-corrected chi connectivity index (χ3v) is 7.95. The molecule has 10 heteroatoms. The van der Waals surface area contributed by atoms with E-state index in [0.717, 1.165) is 10.5 Å². The molecule has 0 N–H and O–H groups in total. The molecule has 194 valence electrons. The lowest BCUT2D eigenvalue weighted by atomic mass is 9.96. The fourth-order valence-corrected chi connectivity index (χ4v) is 5.99. The second kappa shape index (κ2) is 11.6. The second-order valence-electron chi connectivity index (χ2n) is 8.33. The van der Waals surface area contributed by atoms with Crippen LogP contribution in [0.3, 0.4) is 0 Å². The van der Waals surface area contributed by atoms with Gasteiger partial charge in [-0.25, -0.2) is 9.79 Å². The van der Waals surface area contributed by atoms with Crippen molar-refractivity contribution in [1.82, 2.24) is 4.57 Å². The zero-order valence-electron chi connectivity index (χ0n) is 20.5. The van der Waals surface area contributed by atoms with Crippen molar-refractivity contribution in [1.29, 1.82) is 0 Å². The van der Waals surface area contributed by atoms with Crippen LogP contribution >= 0.6 is 34.7 Å². The maximum absolute atomic E-state index is 13.7. The third-order valence-electron chi connectivity index (χ3n) is 5.79. The zero-order valence-corrected chi connectivity index (χ0v) is 22.9. The van der Waals surface area contributed by atoms with Gasteiger partial charge in [-0.3, -0.25) is 9.36 Å². The molecule has 1 atom stereocenters. The van der Waals surface area contributed by atoms with E-state index in [1.54, 1.807) is 37.3 Å². The number of aromatic nitrogens is 1. The minimum absolute atomic E-state index is 0.0890. The highest BCUT2D eigenvalue weighted by Crippen LogP contribution is 2.32. The predicted molar refractivity (Wildman–Crippen MR) is 147 cm³/mol. The fraction of sp³-hybridized carbons (Fsp3) is 0.179. The van der Waals surface area contributed by atoms with Crippen LogP contribution in [0.2, 0.25) is 5.02 Å². The van der Waals surface area contributed by atoms with E-state index in [4.69, 9.17) is 25.5 Å². The monoisotopic (exact) mass is 566 g/mol. The highest BCUT2D eigenvalue weighted by Gasteiger charge is 2.33. The topological polar surface area (TPSA) is 83.0 Å². The molecule has 3 heterocycles. The van der Waals surface area contributed by atoms with Crippen LogP contribution in [0.15, 0.2) is 102 Å². The van der Waals surface area contributed by atoms with Crippen LogP contribution in [0.4, 0.5) is 0 Å². The van der Waals surface area contributed by atoms with Gasteiger partial charge in [0.05, 0.1) is 28.5 Å². The number of carbonyl (C=O) groups excluding carboxylic acids is 1. The van der Waals surface area contributed by atoms with E-state index < -0.39 is 12.0 Å². The van der Waals surface area contributed by atoms with Crippen molar-refractivity contribution in [2.24, 2.45) is 4.99 Å². The summed E-state index contributed by atoms with van der Waals surface area (Å²) in [7, 11) is 1.53. The summed E-state index contributed by atoms with van der Waals surface area (Å²) in [6.45, 7) is 2.09. The summed E-state index contributed by atoms with van der Waals surface area (Å²) in [6, 6.07) is 19.9. The van der Waals surface area contributed by atoms with Crippen LogP contribution in [0.5, 0.6) is 0 Å². The van der Waals surface area contributed by atoms with Crippen molar-refractivity contribution in [3.63, 3.8) is 0 Å². The molecule has 0 amide bonds. The highest BCUT2D eigenvalue weighted by molar-refractivity contribution is 7.99. The van der Waals surface area contributed by atoms with Crippen LogP contribution in [0, 0.1) is 0 Å². The summed E-state index contributed by atoms with van der Waals surface area (Å²) in [5.41, 5.74) is 1.22. The number of nitrogens with zero attached hydrogens (tertiary/aromatic N) is 2. The van der Waals surface area contributed by atoms with Crippen molar-refractivity contribution in [3.8, 4) is 0 Å². The smallest absolute Gasteiger partial charge is 0.338 e. The Balaban J connectivity index is 1.55. The molecule has 1 aliphatic heterocycles. The van der Waals surface area contributed by atoms with Gasteiger partial charge < -0.3 is 13.9 Å². The van der Waals surface area contributed by atoms with Gasteiger partial charge in [-0.05, 0) is 48.9 Å². The maximum Gasteiger partial charge on any atom is 0.338 e. The number of halogens is 1. The largest absolute Gasteiger partial charge is 0.460 e. The molecular weight excluding hydrogens is 544 g/mol. The van der Waals surface area contributed by atoms with Gasteiger partial charge in [0, 0.05) is 23.1 Å². The number of allylic oxidation sites excluding steroid dienone is 1. The summed E-state index contributed by atoms with van der Waals surface area (Å²) in [5, 5.41) is 1.26. The van der Waals surface area contributed by atoms with Gasteiger partial charge in [0.25, 0.3) is 5.56 Å². The third kappa shape index (κ3) is 5.56. The number of rotatable bonds is 8. The lowest BCUT2D eigenvalue weighted by molar-refractivity contribution is -0.140. The SMILES string of the molecule is COCCOC(=O)C1=C(C)N=c2sc(=Cc3ccc(Sc4ccccc4)o3)c(=O)n2C1c1ccc(Cl)cc1. The summed E-state index contributed by atoms with van der Waals surface area (Å²) in [4.78, 5) is 33.0. The maximum atomic E-state index is 13.7. The number of fused-ring (bicyclic) bond motifs is 1. The summed E-state index contributed by atoms with van der Waals surface area (Å²) in [6.07, 6.45) is 1.70. The second-order valence-corrected chi connectivity index (χ2v) is 10.9. The Morgan fingerprint density at radius 2 is 1.89 bits per heavy atom. The van der Waals surface area contributed by atoms with Crippen LogP contribution in [-0.4, -0.2) is 30.9 Å². The number of esters is 1. The number of methoxy groups -OCH3 is 1. The first-order valence-corrected chi connectivity index (χ1v) is 13.7. The number of benzene rings is 2. The van der Waals surface area contributed by atoms with Gasteiger partial charge in [-0.2, -0.15) is 0 Å². The molecule has 5 rings (SSSR count). The summed E-state index contributed by atoms with van der Waals surface area (Å²) in [5.74, 6) is -0.00204. The van der Waals surface area contributed by atoms with Crippen molar-refractivity contribution in [2.75, 3.05) is 20.3 Å². The van der Waals surface area contributed by atoms with Gasteiger partial charge in [0.1, 0.15) is 12.4 Å². The molecule has 0 aliphatic carbocycles. The molecule has 0 spiro atoms. The number of furan rings is 1. The number of ether oxygens (including phenoxy) is 2. The first kappa shape index (κ1) is 26.2. The van der Waals surface area contributed by atoms with E-state index in [-0.39, 0.29) is 18.8 Å². The molecule has 2 aromatic carbocycles. The zero-order chi connectivity index (χ0) is 26.6. The molecule has 4 aromatic rings. The van der Waals surface area contributed by atoms with Crippen molar-refractivity contribution in [2.45, 2.75) is 23.0 Å². The van der Waals surface area contributed by atoms with Gasteiger partial charge >= 0.3 is 5.97 Å². The lowest BCUT2D eigenvalue weighted by Gasteiger charge is -2.24. The minimum Gasteiger partial charge on any atom is -0.460 e. The van der Waals surface area contributed by atoms with E-state index in [1.807, 2.05) is 42.5 Å². The molecule has 38 heavy (non-hydrogen) atoms. The molecule has 0 saturated carbocycles. The lowest BCUT2D eigenvalue weighted by Crippen LogP contribution is -2.40. The Labute approximate surface area is 231 Å². The van der Waals surface area contributed by atoms with Gasteiger partial charge in [-0.1, -0.05) is 65.0 Å². The van der Waals surface area contributed by atoms with Crippen molar-refractivity contribution < 1.29 is 18.7 Å². The standard InChI is InChI=1S/C28H23ClN2O5S2/c1-17-24(27(33)35-15-14-34-2)25(18-8-10-19(29)11-9-18)31-26(32)22(38-28(31)30-17)16-20-12-13-23(36-20)37-21-6-4-3-5-7-21/h3-13,16,25H,14-15H2,1-2H3. The van der Waals surface area contributed by atoms with E-state index >= 15 is 0 Å². The number of thiazole rings is 1. The molecule has 1 aliphatic rings. The van der Waals surface area contributed by atoms with Crippen LogP contribution in [0.25, 0.3) is 6.08 Å². The molecule has 0 radical (unpaired) electrons. The van der Waals surface area contributed by atoms with Crippen LogP contribution < -0.4 is 14.9 Å². The molecule has 1 unspecified atom stereocenters. The molecule has 2 aromatic heterocycles. The highest BCUT2D eigenvalue weighted by atomic mass is 35.5. The molecule has 0 fully saturated rings. The van der Waals surface area contributed by atoms with Crippen LogP contribution in [-0.2, 0) is 14.3 Å². The van der Waals surface area contributed by atoms with Gasteiger partial charge in [-0.15, -0.1) is 0 Å². The first-order chi connectivity index (χ1) is 18.4. The van der Waals surface area contributed by atoms with E-state index in [9.17, 15) is 9.59 Å².